The topological polar surface area (TPSA) is 131 Å². The van der Waals surface area contributed by atoms with Gasteiger partial charge >= 0.3 is 5.97 Å². The summed E-state index contributed by atoms with van der Waals surface area (Å²) in [6.07, 6.45) is 5.98. The second-order valence-electron chi connectivity index (χ2n) is 11.7. The van der Waals surface area contributed by atoms with E-state index in [0.29, 0.717) is 31.0 Å². The van der Waals surface area contributed by atoms with Crippen molar-refractivity contribution in [1.29, 1.82) is 0 Å². The molecule has 2 amide bonds. The Bertz CT molecular complexity index is 1490. The van der Waals surface area contributed by atoms with Gasteiger partial charge in [0.15, 0.2) is 0 Å². The molecule has 0 spiro atoms. The summed E-state index contributed by atoms with van der Waals surface area (Å²) in [6.45, 7) is 1.04. The molecule has 46 heavy (non-hydrogen) atoms. The SMILES string of the molecule is COC(=O)[C@H](CCSC)NC(=O)CN(Cc1cccc2ccccc12)CC1(NC(=O)CSCc2ccc([N+](=O)[O-])cc2)CCCC1. The smallest absolute Gasteiger partial charge is 0.328 e. The van der Waals surface area contributed by atoms with E-state index < -0.39 is 22.5 Å². The highest BCUT2D eigenvalue weighted by molar-refractivity contribution is 7.99. The number of hydrogen-bond donors (Lipinski definition) is 2. The Morgan fingerprint density at radius 2 is 1.74 bits per heavy atom. The first-order chi connectivity index (χ1) is 22.2. The summed E-state index contributed by atoms with van der Waals surface area (Å²) in [5, 5.41) is 19.4. The molecule has 0 bridgehead atoms. The maximum absolute atomic E-state index is 13.4. The zero-order valence-corrected chi connectivity index (χ0v) is 28.0. The number of hydrogen-bond acceptors (Lipinski definition) is 9. The number of ether oxygens (including phenoxy) is 1. The van der Waals surface area contributed by atoms with Crippen molar-refractivity contribution < 1.29 is 24.0 Å². The number of nitro benzene ring substituents is 1. The predicted octanol–water partition coefficient (Wildman–Crippen LogP) is 5.32. The number of nitrogens with zero attached hydrogens (tertiary/aromatic N) is 2. The van der Waals surface area contributed by atoms with E-state index >= 15 is 0 Å². The molecule has 10 nitrogen and oxygen atoms in total. The van der Waals surface area contributed by atoms with Gasteiger partial charge in [0.25, 0.3) is 5.69 Å². The van der Waals surface area contributed by atoms with Gasteiger partial charge in [0.1, 0.15) is 6.04 Å². The molecule has 3 aromatic carbocycles. The third-order valence-corrected chi connectivity index (χ3v) is 9.86. The highest BCUT2D eigenvalue weighted by Gasteiger charge is 2.37. The zero-order valence-electron chi connectivity index (χ0n) is 26.4. The first kappa shape index (κ1) is 35.2. The Morgan fingerprint density at radius 3 is 2.43 bits per heavy atom. The van der Waals surface area contributed by atoms with Gasteiger partial charge in [0.2, 0.25) is 11.8 Å². The largest absolute Gasteiger partial charge is 0.467 e. The summed E-state index contributed by atoms with van der Waals surface area (Å²) in [7, 11) is 1.32. The number of thioether (sulfide) groups is 2. The maximum Gasteiger partial charge on any atom is 0.328 e. The average molecular weight is 667 g/mol. The standard InChI is InChI=1S/C34H42N4O6S2/c1-44-33(41)30(16-19-45-2)35-31(39)21-37(20-27-10-7-9-26-8-3-4-11-29(26)27)24-34(17-5-6-18-34)36-32(40)23-46-22-25-12-14-28(15-13-25)38(42)43/h3-4,7-15,30H,5-6,16-24H2,1-2H3,(H,35,39)(H,36,40)/t30-/m0/s1. The monoisotopic (exact) mass is 666 g/mol. The molecule has 12 heteroatoms. The molecular formula is C34H42N4O6S2. The van der Waals surface area contributed by atoms with Crippen LogP contribution in [0.5, 0.6) is 0 Å². The van der Waals surface area contributed by atoms with Crippen LogP contribution in [0.4, 0.5) is 5.69 Å². The first-order valence-electron chi connectivity index (χ1n) is 15.4. The molecule has 0 heterocycles. The highest BCUT2D eigenvalue weighted by Crippen LogP contribution is 2.32. The number of methoxy groups -OCH3 is 1. The quantitative estimate of drug-likeness (QED) is 0.112. The summed E-state index contributed by atoms with van der Waals surface area (Å²) in [4.78, 5) is 51.7. The Kier molecular flexibility index (Phi) is 13.3. The van der Waals surface area contributed by atoms with Crippen LogP contribution >= 0.6 is 23.5 Å². The molecule has 3 aromatic rings. The van der Waals surface area contributed by atoms with E-state index in [4.69, 9.17) is 4.74 Å². The third-order valence-electron chi connectivity index (χ3n) is 8.21. The van der Waals surface area contributed by atoms with Gasteiger partial charge in [-0.1, -0.05) is 67.4 Å². The number of nitrogens with one attached hydrogen (secondary N) is 2. The van der Waals surface area contributed by atoms with Gasteiger partial charge in [-0.2, -0.15) is 11.8 Å². The number of rotatable bonds is 17. The fraction of sp³-hybridized carbons (Fsp3) is 0.441. The summed E-state index contributed by atoms with van der Waals surface area (Å²) in [5.74, 6) is 0.703. The second-order valence-corrected chi connectivity index (χ2v) is 13.6. The minimum absolute atomic E-state index is 0.0391. The lowest BCUT2D eigenvalue weighted by molar-refractivity contribution is -0.384. The minimum Gasteiger partial charge on any atom is -0.467 e. The van der Waals surface area contributed by atoms with Crippen LogP contribution in [0.2, 0.25) is 0 Å². The summed E-state index contributed by atoms with van der Waals surface area (Å²) >= 11 is 3.06. The Labute approximate surface area is 278 Å². The third kappa shape index (κ3) is 10.2. The molecule has 0 radical (unpaired) electrons. The summed E-state index contributed by atoms with van der Waals surface area (Å²) < 4.78 is 4.95. The number of nitro groups is 1. The van der Waals surface area contributed by atoms with Crippen LogP contribution in [0.15, 0.2) is 66.7 Å². The van der Waals surface area contributed by atoms with E-state index in [9.17, 15) is 24.5 Å². The molecule has 0 aromatic heterocycles. The van der Waals surface area contributed by atoms with Gasteiger partial charge in [0.05, 0.1) is 29.9 Å². The molecular weight excluding hydrogens is 625 g/mol. The van der Waals surface area contributed by atoms with Gasteiger partial charge in [-0.05, 0) is 53.2 Å². The van der Waals surface area contributed by atoms with Crippen LogP contribution in [-0.2, 0) is 31.4 Å². The van der Waals surface area contributed by atoms with Gasteiger partial charge in [-0.25, -0.2) is 4.79 Å². The van der Waals surface area contributed by atoms with E-state index in [1.54, 1.807) is 23.9 Å². The molecule has 1 aliphatic rings. The van der Waals surface area contributed by atoms with Gasteiger partial charge in [0, 0.05) is 31.0 Å². The lowest BCUT2D eigenvalue weighted by atomic mass is 9.95. The lowest BCUT2D eigenvalue weighted by Crippen LogP contribution is -2.56. The fourth-order valence-corrected chi connectivity index (χ4v) is 7.28. The van der Waals surface area contributed by atoms with Crippen molar-refractivity contribution in [2.45, 2.75) is 56.0 Å². The molecule has 1 fully saturated rings. The number of esters is 1. The van der Waals surface area contributed by atoms with Crippen LogP contribution in [0.3, 0.4) is 0 Å². The second kappa shape index (κ2) is 17.3. The molecule has 1 saturated carbocycles. The highest BCUT2D eigenvalue weighted by atomic mass is 32.2. The number of non-ortho nitro benzene ring substituents is 1. The van der Waals surface area contributed by atoms with Crippen LogP contribution in [0.25, 0.3) is 10.8 Å². The molecule has 1 aliphatic carbocycles. The number of carbonyl (C=O) groups excluding carboxylic acids is 3. The van der Waals surface area contributed by atoms with Gasteiger partial charge < -0.3 is 15.4 Å². The minimum atomic E-state index is -0.725. The van der Waals surface area contributed by atoms with Crippen molar-refractivity contribution in [3.63, 3.8) is 0 Å². The van der Waals surface area contributed by atoms with E-state index in [2.05, 4.69) is 39.8 Å². The van der Waals surface area contributed by atoms with Crippen molar-refractivity contribution in [2.75, 3.05) is 38.0 Å². The average Bonchev–Trinajstić information content (AvgIpc) is 3.50. The zero-order chi connectivity index (χ0) is 32.9. The predicted molar refractivity (Wildman–Crippen MR) is 185 cm³/mol. The number of amides is 2. The maximum atomic E-state index is 13.4. The molecule has 0 unspecified atom stereocenters. The van der Waals surface area contributed by atoms with Crippen LogP contribution < -0.4 is 10.6 Å². The molecule has 246 valence electrons. The van der Waals surface area contributed by atoms with Crippen LogP contribution in [-0.4, -0.2) is 77.1 Å². The van der Waals surface area contributed by atoms with Crippen molar-refractivity contribution in [3.05, 3.63) is 88.0 Å². The van der Waals surface area contributed by atoms with Gasteiger partial charge in [-0.15, -0.1) is 11.8 Å². The van der Waals surface area contributed by atoms with E-state index in [1.165, 1.54) is 31.0 Å². The Balaban J connectivity index is 1.47. The number of fused-ring (bicyclic) bond motifs is 1. The molecule has 2 N–H and O–H groups in total. The van der Waals surface area contributed by atoms with Gasteiger partial charge in [-0.3, -0.25) is 24.6 Å². The number of carbonyl (C=O) groups is 3. The normalized spacial score (nSPS) is 14.6. The molecule has 4 rings (SSSR count). The molecule has 0 saturated heterocycles. The van der Waals surface area contributed by atoms with E-state index in [-0.39, 0.29) is 29.8 Å². The Hall–Kier alpha value is -3.61. The van der Waals surface area contributed by atoms with Crippen molar-refractivity contribution >= 4 is 57.8 Å². The number of benzene rings is 3. The lowest BCUT2D eigenvalue weighted by Gasteiger charge is -2.36. The van der Waals surface area contributed by atoms with Crippen molar-refractivity contribution in [3.8, 4) is 0 Å². The van der Waals surface area contributed by atoms with Crippen molar-refractivity contribution in [1.82, 2.24) is 15.5 Å². The van der Waals surface area contributed by atoms with E-state index in [0.717, 1.165) is 47.6 Å². The summed E-state index contributed by atoms with van der Waals surface area (Å²) in [6, 6.07) is 19.9. The summed E-state index contributed by atoms with van der Waals surface area (Å²) in [5.41, 5.74) is 1.54. The van der Waals surface area contributed by atoms with Crippen LogP contribution in [0, 0.1) is 10.1 Å². The van der Waals surface area contributed by atoms with Crippen LogP contribution in [0.1, 0.15) is 43.2 Å². The fourth-order valence-electron chi connectivity index (χ4n) is 6.02. The molecule has 0 aliphatic heterocycles. The van der Waals surface area contributed by atoms with E-state index in [1.807, 2.05) is 24.5 Å². The Morgan fingerprint density at radius 1 is 1.02 bits per heavy atom. The first-order valence-corrected chi connectivity index (χ1v) is 17.9. The van der Waals surface area contributed by atoms with Crippen molar-refractivity contribution in [2.24, 2.45) is 0 Å². The molecule has 1 atom stereocenters.